The SMILES string of the molecule is C[C@H](Oc1ccc(Cl)cc1Cl)C(=O)NNC(=O)c1cccc(I)c1. The van der Waals surface area contributed by atoms with Crippen molar-refractivity contribution in [2.24, 2.45) is 0 Å². The summed E-state index contributed by atoms with van der Waals surface area (Å²) in [4.78, 5) is 24.0. The Morgan fingerprint density at radius 3 is 2.54 bits per heavy atom. The van der Waals surface area contributed by atoms with Gasteiger partial charge in [-0.05, 0) is 65.9 Å². The van der Waals surface area contributed by atoms with E-state index in [0.717, 1.165) is 3.57 Å². The number of benzene rings is 2. The van der Waals surface area contributed by atoms with Crippen LogP contribution in [0, 0.1) is 3.57 Å². The Bertz CT molecular complexity index is 771. The number of hydrazine groups is 1. The Hall–Kier alpha value is -1.51. The maximum absolute atomic E-state index is 12.0. The first-order valence-corrected chi connectivity index (χ1v) is 8.68. The summed E-state index contributed by atoms with van der Waals surface area (Å²) < 4.78 is 6.38. The number of ether oxygens (including phenoxy) is 1. The van der Waals surface area contributed by atoms with Gasteiger partial charge in [-0.1, -0.05) is 29.3 Å². The first-order valence-electron chi connectivity index (χ1n) is 6.84. The Morgan fingerprint density at radius 1 is 1.12 bits per heavy atom. The van der Waals surface area contributed by atoms with Crippen LogP contribution in [0.15, 0.2) is 42.5 Å². The van der Waals surface area contributed by atoms with Crippen molar-refractivity contribution >= 4 is 57.6 Å². The minimum atomic E-state index is -0.861. The Kier molecular flexibility index (Phi) is 6.70. The highest BCUT2D eigenvalue weighted by Gasteiger charge is 2.17. The van der Waals surface area contributed by atoms with Crippen molar-refractivity contribution < 1.29 is 14.3 Å². The standard InChI is InChI=1S/C16H13Cl2IN2O3/c1-9(24-14-6-5-11(17)8-13(14)18)15(22)20-21-16(23)10-3-2-4-12(19)7-10/h2-9H,1H3,(H,20,22)(H,21,23)/t9-/m0/s1. The van der Waals surface area contributed by atoms with Gasteiger partial charge in [0, 0.05) is 14.2 Å². The van der Waals surface area contributed by atoms with Crippen LogP contribution >= 0.6 is 45.8 Å². The predicted molar refractivity (Wildman–Crippen MR) is 101 cm³/mol. The minimum Gasteiger partial charge on any atom is -0.479 e. The van der Waals surface area contributed by atoms with Gasteiger partial charge in [0.25, 0.3) is 11.8 Å². The van der Waals surface area contributed by atoms with Crippen LogP contribution in [-0.2, 0) is 4.79 Å². The zero-order chi connectivity index (χ0) is 17.7. The Balaban J connectivity index is 1.90. The van der Waals surface area contributed by atoms with Gasteiger partial charge in [0.05, 0.1) is 5.02 Å². The van der Waals surface area contributed by atoms with Gasteiger partial charge in [-0.15, -0.1) is 0 Å². The molecule has 126 valence electrons. The molecule has 2 aromatic carbocycles. The number of rotatable bonds is 4. The summed E-state index contributed by atoms with van der Waals surface area (Å²) in [6, 6.07) is 11.7. The van der Waals surface area contributed by atoms with Crippen molar-refractivity contribution in [1.29, 1.82) is 0 Å². The third-order valence-electron chi connectivity index (χ3n) is 2.95. The lowest BCUT2D eigenvalue weighted by molar-refractivity contribution is -0.128. The molecule has 0 aliphatic carbocycles. The predicted octanol–water partition coefficient (Wildman–Crippen LogP) is 3.83. The van der Waals surface area contributed by atoms with E-state index in [1.807, 2.05) is 6.07 Å². The van der Waals surface area contributed by atoms with Crippen molar-refractivity contribution in [2.75, 3.05) is 0 Å². The molecule has 2 amide bonds. The van der Waals surface area contributed by atoms with Crippen LogP contribution in [0.3, 0.4) is 0 Å². The molecule has 0 bridgehead atoms. The van der Waals surface area contributed by atoms with E-state index in [1.54, 1.807) is 30.3 Å². The van der Waals surface area contributed by atoms with Gasteiger partial charge in [-0.3, -0.25) is 20.4 Å². The third kappa shape index (κ3) is 5.25. The molecule has 0 saturated carbocycles. The molecule has 0 aliphatic heterocycles. The largest absolute Gasteiger partial charge is 0.479 e. The van der Waals surface area contributed by atoms with E-state index in [4.69, 9.17) is 27.9 Å². The number of carbonyl (C=O) groups is 2. The van der Waals surface area contributed by atoms with Gasteiger partial charge in [0.1, 0.15) is 5.75 Å². The quantitative estimate of drug-likeness (QED) is 0.518. The highest BCUT2D eigenvalue weighted by molar-refractivity contribution is 14.1. The zero-order valence-corrected chi connectivity index (χ0v) is 16.1. The smallest absolute Gasteiger partial charge is 0.279 e. The fourth-order valence-corrected chi connectivity index (χ4v) is 2.73. The number of amides is 2. The number of halogens is 3. The summed E-state index contributed by atoms with van der Waals surface area (Å²) in [6.07, 6.45) is -0.861. The third-order valence-corrected chi connectivity index (χ3v) is 4.15. The summed E-state index contributed by atoms with van der Waals surface area (Å²) in [6.45, 7) is 1.54. The summed E-state index contributed by atoms with van der Waals surface area (Å²) in [5.41, 5.74) is 5.10. The molecule has 8 heteroatoms. The van der Waals surface area contributed by atoms with Crippen LogP contribution in [0.2, 0.25) is 10.0 Å². The van der Waals surface area contributed by atoms with E-state index in [9.17, 15) is 9.59 Å². The molecule has 24 heavy (non-hydrogen) atoms. The van der Waals surface area contributed by atoms with Crippen LogP contribution in [-0.4, -0.2) is 17.9 Å². The molecule has 1 atom stereocenters. The number of carbonyl (C=O) groups excluding carboxylic acids is 2. The van der Waals surface area contributed by atoms with E-state index in [0.29, 0.717) is 21.4 Å². The van der Waals surface area contributed by atoms with Crippen molar-refractivity contribution in [3.05, 3.63) is 61.6 Å². The molecule has 0 spiro atoms. The molecule has 0 unspecified atom stereocenters. The summed E-state index contributed by atoms with van der Waals surface area (Å²) in [5.74, 6) is -0.605. The molecule has 0 saturated heterocycles. The second-order valence-corrected chi connectivity index (χ2v) is 6.88. The molecule has 2 N–H and O–H groups in total. The number of hydrogen-bond donors (Lipinski definition) is 2. The average molecular weight is 479 g/mol. The van der Waals surface area contributed by atoms with E-state index >= 15 is 0 Å². The molecule has 5 nitrogen and oxygen atoms in total. The second-order valence-electron chi connectivity index (χ2n) is 4.79. The lowest BCUT2D eigenvalue weighted by Crippen LogP contribution is -2.47. The maximum Gasteiger partial charge on any atom is 0.279 e. The first kappa shape index (κ1) is 18.8. The molecule has 0 fully saturated rings. The van der Waals surface area contributed by atoms with Gasteiger partial charge in [-0.25, -0.2) is 0 Å². The van der Waals surface area contributed by atoms with E-state index in [-0.39, 0.29) is 0 Å². The fourth-order valence-electron chi connectivity index (χ4n) is 1.74. The van der Waals surface area contributed by atoms with Gasteiger partial charge in [0.2, 0.25) is 0 Å². The molecule has 0 aliphatic rings. The van der Waals surface area contributed by atoms with Crippen LogP contribution in [0.1, 0.15) is 17.3 Å². The number of hydrogen-bond acceptors (Lipinski definition) is 3. The van der Waals surface area contributed by atoms with E-state index < -0.39 is 17.9 Å². The monoisotopic (exact) mass is 478 g/mol. The lowest BCUT2D eigenvalue weighted by atomic mass is 10.2. The van der Waals surface area contributed by atoms with Gasteiger partial charge < -0.3 is 4.74 Å². The van der Waals surface area contributed by atoms with Gasteiger partial charge in [-0.2, -0.15) is 0 Å². The fraction of sp³-hybridized carbons (Fsp3) is 0.125. The van der Waals surface area contributed by atoms with E-state index in [2.05, 4.69) is 33.4 Å². The molecule has 0 aromatic heterocycles. The van der Waals surface area contributed by atoms with Crippen molar-refractivity contribution in [3.8, 4) is 5.75 Å². The average Bonchev–Trinajstić information content (AvgIpc) is 2.54. The van der Waals surface area contributed by atoms with Crippen molar-refractivity contribution in [3.63, 3.8) is 0 Å². The second kappa shape index (κ2) is 8.55. The van der Waals surface area contributed by atoms with Crippen molar-refractivity contribution in [2.45, 2.75) is 13.0 Å². The molecule has 0 heterocycles. The van der Waals surface area contributed by atoms with Crippen molar-refractivity contribution in [1.82, 2.24) is 10.9 Å². The minimum absolute atomic E-state index is 0.296. The first-order chi connectivity index (χ1) is 11.4. The molecular weight excluding hydrogens is 466 g/mol. The van der Waals surface area contributed by atoms with Crippen LogP contribution in [0.4, 0.5) is 0 Å². The van der Waals surface area contributed by atoms with E-state index in [1.165, 1.54) is 13.0 Å². The normalized spacial score (nSPS) is 11.5. The molecular formula is C16H13Cl2IN2O3. The molecule has 2 aromatic rings. The highest BCUT2D eigenvalue weighted by atomic mass is 127. The van der Waals surface area contributed by atoms with Crippen LogP contribution < -0.4 is 15.6 Å². The zero-order valence-electron chi connectivity index (χ0n) is 12.5. The molecule has 0 radical (unpaired) electrons. The highest BCUT2D eigenvalue weighted by Crippen LogP contribution is 2.28. The number of nitrogens with one attached hydrogen (secondary N) is 2. The lowest BCUT2D eigenvalue weighted by Gasteiger charge is -2.16. The van der Waals surface area contributed by atoms with Crippen LogP contribution in [0.5, 0.6) is 5.75 Å². The molecule has 2 rings (SSSR count). The summed E-state index contributed by atoms with van der Waals surface area (Å²) in [7, 11) is 0. The Morgan fingerprint density at radius 2 is 1.88 bits per heavy atom. The Labute approximate surface area is 162 Å². The topological polar surface area (TPSA) is 67.4 Å². The summed E-state index contributed by atoms with van der Waals surface area (Å²) in [5, 5.41) is 0.763. The van der Waals surface area contributed by atoms with Gasteiger partial charge in [0.15, 0.2) is 6.10 Å². The van der Waals surface area contributed by atoms with Gasteiger partial charge >= 0.3 is 0 Å². The maximum atomic E-state index is 12.0. The summed E-state index contributed by atoms with van der Waals surface area (Å²) >= 11 is 13.9. The van der Waals surface area contributed by atoms with Crippen LogP contribution in [0.25, 0.3) is 0 Å².